The van der Waals surface area contributed by atoms with E-state index in [0.29, 0.717) is 0 Å². The molecule has 1 atom stereocenters. The van der Waals surface area contributed by atoms with E-state index in [9.17, 15) is 17.1 Å². The molecule has 1 aliphatic heterocycles. The van der Waals surface area contributed by atoms with Crippen LogP contribution in [-0.4, -0.2) is 26.6 Å². The maximum Gasteiger partial charge on any atom is 0.302 e. The molecule has 1 saturated heterocycles. The van der Waals surface area contributed by atoms with Crippen LogP contribution in [0.25, 0.3) is 0 Å². The van der Waals surface area contributed by atoms with Gasteiger partial charge in [0.15, 0.2) is 0 Å². The van der Waals surface area contributed by atoms with Crippen LogP contribution in [0.3, 0.4) is 0 Å². The number of carbonyl (C=O) groups is 1. The predicted octanol–water partition coefficient (Wildman–Crippen LogP) is 2.51. The first kappa shape index (κ1) is 15.7. The van der Waals surface area contributed by atoms with Crippen LogP contribution in [0.15, 0.2) is 18.2 Å². The molecule has 4 nitrogen and oxygen atoms in total. The van der Waals surface area contributed by atoms with Gasteiger partial charge in [-0.3, -0.25) is 4.79 Å². The summed E-state index contributed by atoms with van der Waals surface area (Å²) in [6, 6.07) is 5.77. The molecule has 1 aromatic carbocycles. The molecule has 7 heteroatoms. The molecule has 110 valence electrons. The normalized spacial score (nSPS) is 19.6. The van der Waals surface area contributed by atoms with Crippen LogP contribution in [0.2, 0.25) is 0 Å². The van der Waals surface area contributed by atoms with Gasteiger partial charge in [0.2, 0.25) is 5.91 Å². The predicted molar refractivity (Wildman–Crippen MR) is 83.9 cm³/mol. The summed E-state index contributed by atoms with van der Waals surface area (Å²) in [6.07, 6.45) is 0.861. The number of aryl methyl sites for hydroxylation is 1. The van der Waals surface area contributed by atoms with Crippen molar-refractivity contribution in [2.24, 2.45) is 5.92 Å². The number of benzene rings is 1. The highest BCUT2D eigenvalue weighted by atomic mass is 127. The summed E-state index contributed by atoms with van der Waals surface area (Å²) in [5.74, 6) is -1.20. The Kier molecular flexibility index (Phi) is 4.68. The lowest BCUT2D eigenvalue weighted by Gasteiger charge is -2.20. The Bertz CT molecular complexity index is 633. The number of hydrogen-bond donors (Lipinski definition) is 0. The third kappa shape index (κ3) is 3.69. The van der Waals surface area contributed by atoms with E-state index < -0.39 is 21.9 Å². The summed E-state index contributed by atoms with van der Waals surface area (Å²) >= 11 is 2.20. The fourth-order valence-electron chi connectivity index (χ4n) is 2.51. The Balaban J connectivity index is 2.24. The molecule has 0 spiro atoms. The molecule has 0 saturated carbocycles. The summed E-state index contributed by atoms with van der Waals surface area (Å²) in [6.45, 7) is 2.26. The highest BCUT2D eigenvalue weighted by Gasteiger charge is 2.34. The van der Waals surface area contributed by atoms with Crippen LogP contribution in [0, 0.1) is 9.49 Å². The van der Waals surface area contributed by atoms with Gasteiger partial charge in [-0.25, -0.2) is 0 Å². The zero-order valence-electron chi connectivity index (χ0n) is 11.0. The fourth-order valence-corrected chi connectivity index (χ4v) is 3.85. The number of carbonyl (C=O) groups excluding carboxylic acids is 1. The Labute approximate surface area is 131 Å². The van der Waals surface area contributed by atoms with E-state index >= 15 is 0 Å². The number of anilines is 1. The second-order valence-electron chi connectivity index (χ2n) is 4.91. The highest BCUT2D eigenvalue weighted by Crippen LogP contribution is 2.30. The molecule has 20 heavy (non-hydrogen) atoms. The summed E-state index contributed by atoms with van der Waals surface area (Å²) in [5, 5.41) is 0. The zero-order chi connectivity index (χ0) is 14.9. The minimum absolute atomic E-state index is 0.0816. The van der Waals surface area contributed by atoms with Crippen LogP contribution in [-0.2, 0) is 21.4 Å². The summed E-state index contributed by atoms with van der Waals surface area (Å²) in [7, 11) is -4.54. The number of halogens is 2. The van der Waals surface area contributed by atoms with E-state index in [-0.39, 0.29) is 18.9 Å². The fraction of sp³-hybridized carbons (Fsp3) is 0.462. The summed E-state index contributed by atoms with van der Waals surface area (Å²) < 4.78 is 35.2. The molecule has 2 rings (SSSR count). The van der Waals surface area contributed by atoms with Crippen LogP contribution in [0.1, 0.15) is 18.9 Å². The van der Waals surface area contributed by atoms with Crippen LogP contribution in [0.5, 0.6) is 0 Å². The molecule has 1 heterocycles. The van der Waals surface area contributed by atoms with Gasteiger partial charge >= 0.3 is 10.2 Å². The van der Waals surface area contributed by atoms with Crippen molar-refractivity contribution < 1.29 is 17.1 Å². The molecular weight excluding hydrogens is 396 g/mol. The van der Waals surface area contributed by atoms with Gasteiger partial charge in [-0.15, -0.1) is 3.89 Å². The van der Waals surface area contributed by atoms with Crippen molar-refractivity contribution in [1.29, 1.82) is 0 Å². The number of rotatable bonds is 4. The van der Waals surface area contributed by atoms with Crippen molar-refractivity contribution in [3.8, 4) is 0 Å². The van der Waals surface area contributed by atoms with Gasteiger partial charge in [-0.1, -0.05) is 6.92 Å². The zero-order valence-corrected chi connectivity index (χ0v) is 13.9. The molecule has 1 fully saturated rings. The maximum atomic E-state index is 12.7. The Morgan fingerprint density at radius 2 is 2.15 bits per heavy atom. The van der Waals surface area contributed by atoms with Crippen LogP contribution < -0.4 is 4.90 Å². The Morgan fingerprint density at radius 1 is 1.45 bits per heavy atom. The second kappa shape index (κ2) is 5.97. The van der Waals surface area contributed by atoms with Gasteiger partial charge in [-0.05, 0) is 52.8 Å². The van der Waals surface area contributed by atoms with Gasteiger partial charge < -0.3 is 4.90 Å². The third-order valence-electron chi connectivity index (χ3n) is 3.35. The van der Waals surface area contributed by atoms with E-state index in [1.165, 1.54) is 0 Å². The monoisotopic (exact) mass is 411 g/mol. The van der Waals surface area contributed by atoms with Crippen molar-refractivity contribution in [3.05, 3.63) is 27.3 Å². The lowest BCUT2D eigenvalue weighted by molar-refractivity contribution is -0.117. The van der Waals surface area contributed by atoms with Crippen LogP contribution >= 0.6 is 22.6 Å². The van der Waals surface area contributed by atoms with Crippen molar-refractivity contribution in [1.82, 2.24) is 0 Å². The highest BCUT2D eigenvalue weighted by molar-refractivity contribution is 14.1. The molecule has 1 aromatic rings. The third-order valence-corrected chi connectivity index (χ3v) is 4.89. The van der Waals surface area contributed by atoms with Crippen molar-refractivity contribution in [3.63, 3.8) is 0 Å². The molecule has 0 N–H and O–H groups in total. The molecule has 0 radical (unpaired) electrons. The van der Waals surface area contributed by atoms with E-state index in [1.54, 1.807) is 4.90 Å². The van der Waals surface area contributed by atoms with Gasteiger partial charge in [-0.2, -0.15) is 8.42 Å². The molecule has 1 amide bonds. The molecule has 0 bridgehead atoms. The lowest BCUT2D eigenvalue weighted by atomic mass is 10.1. The molecule has 0 aliphatic carbocycles. The van der Waals surface area contributed by atoms with Gasteiger partial charge in [0.05, 0.1) is 5.75 Å². The average molecular weight is 411 g/mol. The first-order valence-electron chi connectivity index (χ1n) is 6.31. The molecular formula is C13H15FINO3S. The number of nitrogens with zero attached hydrogens (tertiary/aromatic N) is 1. The second-order valence-corrected chi connectivity index (χ2v) is 7.56. The van der Waals surface area contributed by atoms with Gasteiger partial charge in [0.1, 0.15) is 0 Å². The van der Waals surface area contributed by atoms with Crippen molar-refractivity contribution >= 4 is 44.4 Å². The number of hydrogen-bond acceptors (Lipinski definition) is 3. The quantitative estimate of drug-likeness (QED) is 0.565. The molecule has 0 aromatic heterocycles. The Morgan fingerprint density at radius 3 is 2.75 bits per heavy atom. The van der Waals surface area contributed by atoms with Gasteiger partial charge in [0.25, 0.3) is 0 Å². The molecule has 1 aliphatic rings. The van der Waals surface area contributed by atoms with E-state index in [4.69, 9.17) is 0 Å². The SMILES string of the molecule is CCc1cc(I)ccc1N1CC(CS(=O)(=O)F)CC1=O. The average Bonchev–Trinajstić information content (AvgIpc) is 2.67. The van der Waals surface area contributed by atoms with Crippen molar-refractivity contribution in [2.45, 2.75) is 19.8 Å². The topological polar surface area (TPSA) is 54.5 Å². The minimum Gasteiger partial charge on any atom is -0.312 e. The minimum atomic E-state index is -4.54. The number of amides is 1. The van der Waals surface area contributed by atoms with E-state index in [2.05, 4.69) is 22.6 Å². The van der Waals surface area contributed by atoms with Gasteiger partial charge in [0, 0.05) is 28.1 Å². The summed E-state index contributed by atoms with van der Waals surface area (Å²) in [5.41, 5.74) is 1.84. The largest absolute Gasteiger partial charge is 0.312 e. The standard InChI is InChI=1S/C13H15FINO3S/c1-2-10-6-11(15)3-4-12(10)16-7-9(5-13(16)17)8-20(14,18)19/h3-4,6,9H,2,5,7-8H2,1H3. The first-order chi connectivity index (χ1) is 9.30. The Hall–Kier alpha value is -0.700. The van der Waals surface area contributed by atoms with Crippen LogP contribution in [0.4, 0.5) is 9.57 Å². The first-order valence-corrected chi connectivity index (χ1v) is 8.94. The lowest BCUT2D eigenvalue weighted by Crippen LogP contribution is -2.26. The summed E-state index contributed by atoms with van der Waals surface area (Å²) in [4.78, 5) is 13.6. The van der Waals surface area contributed by atoms with Crippen molar-refractivity contribution in [2.75, 3.05) is 17.2 Å². The molecule has 1 unspecified atom stereocenters. The maximum absolute atomic E-state index is 12.7. The smallest absolute Gasteiger partial charge is 0.302 e. The van der Waals surface area contributed by atoms with E-state index in [0.717, 1.165) is 21.2 Å². The van der Waals surface area contributed by atoms with E-state index in [1.807, 2.05) is 25.1 Å².